The number of nitrogens with zero attached hydrogens (tertiary/aromatic N) is 2. The zero-order valence-electron chi connectivity index (χ0n) is 8.14. The maximum atomic E-state index is 11.1. The van der Waals surface area contributed by atoms with Gasteiger partial charge in [0.15, 0.2) is 6.19 Å². The molecule has 2 heterocycles. The standard InChI is InChI=1S/C10H7N3OS2/c11-6-12-9(14)4-7-5-16-10(13-7)8-2-1-3-15-8/h1-3,5H,4H2,(H,12,14). The Kier molecular flexibility index (Phi) is 3.29. The number of thiazole rings is 1. The van der Waals surface area contributed by atoms with E-state index in [-0.39, 0.29) is 12.3 Å². The Morgan fingerprint density at radius 2 is 2.44 bits per heavy atom. The number of amides is 1. The third-order valence-electron chi connectivity index (χ3n) is 1.82. The maximum Gasteiger partial charge on any atom is 0.239 e. The molecule has 1 amide bonds. The van der Waals surface area contributed by atoms with E-state index in [0.29, 0.717) is 5.69 Å². The van der Waals surface area contributed by atoms with Crippen LogP contribution < -0.4 is 5.32 Å². The first-order valence-electron chi connectivity index (χ1n) is 4.46. The Morgan fingerprint density at radius 3 is 3.12 bits per heavy atom. The highest BCUT2D eigenvalue weighted by molar-refractivity contribution is 7.20. The molecule has 0 aliphatic rings. The van der Waals surface area contributed by atoms with Crippen LogP contribution in [0, 0.1) is 11.5 Å². The van der Waals surface area contributed by atoms with Gasteiger partial charge in [0.1, 0.15) is 5.01 Å². The van der Waals surface area contributed by atoms with E-state index in [0.717, 1.165) is 9.88 Å². The molecule has 0 radical (unpaired) electrons. The van der Waals surface area contributed by atoms with Gasteiger partial charge in [0.05, 0.1) is 17.0 Å². The maximum absolute atomic E-state index is 11.1. The monoisotopic (exact) mass is 249 g/mol. The van der Waals surface area contributed by atoms with Crippen molar-refractivity contribution in [1.82, 2.24) is 10.3 Å². The molecule has 0 aliphatic heterocycles. The summed E-state index contributed by atoms with van der Waals surface area (Å²) in [5, 5.41) is 15.1. The minimum absolute atomic E-state index is 0.148. The minimum atomic E-state index is -0.328. The topological polar surface area (TPSA) is 65.8 Å². The quantitative estimate of drug-likeness (QED) is 0.668. The van der Waals surface area contributed by atoms with Crippen molar-refractivity contribution in [3.8, 4) is 16.1 Å². The van der Waals surface area contributed by atoms with E-state index in [9.17, 15) is 4.79 Å². The molecule has 0 aromatic carbocycles. The second-order valence-corrected chi connectivity index (χ2v) is 4.76. The normalized spacial score (nSPS) is 9.69. The van der Waals surface area contributed by atoms with E-state index < -0.39 is 0 Å². The first-order valence-corrected chi connectivity index (χ1v) is 6.22. The van der Waals surface area contributed by atoms with E-state index in [1.807, 2.05) is 22.9 Å². The SMILES string of the molecule is N#CNC(=O)Cc1csc(-c2cccs2)n1. The molecular weight excluding hydrogens is 242 g/mol. The molecule has 0 saturated heterocycles. The Labute approximate surface area is 100 Å². The van der Waals surface area contributed by atoms with Crippen molar-refractivity contribution in [3.63, 3.8) is 0 Å². The number of thiophene rings is 1. The molecule has 16 heavy (non-hydrogen) atoms. The molecule has 0 bridgehead atoms. The molecule has 2 rings (SSSR count). The fourth-order valence-electron chi connectivity index (χ4n) is 1.17. The van der Waals surface area contributed by atoms with Crippen molar-refractivity contribution in [1.29, 1.82) is 5.26 Å². The van der Waals surface area contributed by atoms with Crippen molar-refractivity contribution in [2.45, 2.75) is 6.42 Å². The van der Waals surface area contributed by atoms with Gasteiger partial charge in [-0.25, -0.2) is 4.98 Å². The van der Waals surface area contributed by atoms with Gasteiger partial charge in [0.2, 0.25) is 5.91 Å². The van der Waals surface area contributed by atoms with Crippen LogP contribution in [-0.4, -0.2) is 10.9 Å². The summed E-state index contributed by atoms with van der Waals surface area (Å²) < 4.78 is 0. The molecule has 2 aromatic heterocycles. The van der Waals surface area contributed by atoms with E-state index in [4.69, 9.17) is 5.26 Å². The van der Waals surface area contributed by atoms with Crippen LogP contribution in [0.1, 0.15) is 5.69 Å². The van der Waals surface area contributed by atoms with Gasteiger partial charge in [0, 0.05) is 5.38 Å². The van der Waals surface area contributed by atoms with Gasteiger partial charge in [0.25, 0.3) is 0 Å². The summed E-state index contributed by atoms with van der Waals surface area (Å²) in [6.07, 6.45) is 1.75. The zero-order chi connectivity index (χ0) is 11.4. The Morgan fingerprint density at radius 1 is 1.56 bits per heavy atom. The average Bonchev–Trinajstić information content (AvgIpc) is 2.86. The lowest BCUT2D eigenvalue weighted by atomic mass is 10.3. The Bertz CT molecular complexity index is 525. The second kappa shape index (κ2) is 4.88. The van der Waals surface area contributed by atoms with Crippen LogP contribution in [0.3, 0.4) is 0 Å². The van der Waals surface area contributed by atoms with Gasteiger partial charge >= 0.3 is 0 Å². The molecule has 0 fully saturated rings. The average molecular weight is 249 g/mol. The predicted octanol–water partition coefficient (Wildman–Crippen LogP) is 2.01. The summed E-state index contributed by atoms with van der Waals surface area (Å²) in [6.45, 7) is 0. The molecular formula is C10H7N3OS2. The minimum Gasteiger partial charge on any atom is -0.274 e. The number of aromatic nitrogens is 1. The van der Waals surface area contributed by atoms with Gasteiger partial charge in [-0.05, 0) is 11.4 Å². The third kappa shape index (κ3) is 2.45. The van der Waals surface area contributed by atoms with Crippen molar-refractivity contribution in [3.05, 3.63) is 28.6 Å². The number of hydrogen-bond acceptors (Lipinski definition) is 5. The first-order chi connectivity index (χ1) is 7.79. The smallest absolute Gasteiger partial charge is 0.239 e. The Balaban J connectivity index is 2.09. The van der Waals surface area contributed by atoms with Gasteiger partial charge in [-0.3, -0.25) is 10.1 Å². The van der Waals surface area contributed by atoms with E-state index >= 15 is 0 Å². The fourth-order valence-corrected chi connectivity index (χ4v) is 2.81. The molecule has 0 atom stereocenters. The molecule has 0 aliphatic carbocycles. The van der Waals surface area contributed by atoms with Crippen LogP contribution >= 0.6 is 22.7 Å². The fraction of sp³-hybridized carbons (Fsp3) is 0.100. The van der Waals surface area contributed by atoms with Crippen molar-refractivity contribution < 1.29 is 4.79 Å². The van der Waals surface area contributed by atoms with Crippen molar-refractivity contribution in [2.75, 3.05) is 0 Å². The lowest BCUT2D eigenvalue weighted by Gasteiger charge is -1.92. The summed E-state index contributed by atoms with van der Waals surface area (Å²) in [4.78, 5) is 16.6. The van der Waals surface area contributed by atoms with Gasteiger partial charge in [-0.15, -0.1) is 22.7 Å². The van der Waals surface area contributed by atoms with Crippen LogP contribution in [-0.2, 0) is 11.2 Å². The number of hydrogen-bond donors (Lipinski definition) is 1. The lowest BCUT2D eigenvalue weighted by Crippen LogP contribution is -2.19. The van der Waals surface area contributed by atoms with Crippen LogP contribution in [0.4, 0.5) is 0 Å². The van der Waals surface area contributed by atoms with Crippen LogP contribution in [0.25, 0.3) is 9.88 Å². The van der Waals surface area contributed by atoms with Crippen LogP contribution in [0.2, 0.25) is 0 Å². The zero-order valence-corrected chi connectivity index (χ0v) is 9.77. The number of rotatable bonds is 3. The van der Waals surface area contributed by atoms with Crippen LogP contribution in [0.15, 0.2) is 22.9 Å². The second-order valence-electron chi connectivity index (χ2n) is 2.96. The molecule has 0 spiro atoms. The number of carbonyl (C=O) groups is 1. The molecule has 80 valence electrons. The van der Waals surface area contributed by atoms with Crippen LogP contribution in [0.5, 0.6) is 0 Å². The van der Waals surface area contributed by atoms with Gasteiger partial charge in [-0.2, -0.15) is 5.26 Å². The Hall–Kier alpha value is -1.71. The molecule has 0 saturated carbocycles. The third-order valence-corrected chi connectivity index (χ3v) is 3.75. The molecule has 4 nitrogen and oxygen atoms in total. The van der Waals surface area contributed by atoms with Crippen molar-refractivity contribution in [2.24, 2.45) is 0 Å². The predicted molar refractivity (Wildman–Crippen MR) is 62.9 cm³/mol. The summed E-state index contributed by atoms with van der Waals surface area (Å²) in [5.41, 5.74) is 0.696. The molecule has 1 N–H and O–H groups in total. The summed E-state index contributed by atoms with van der Waals surface area (Å²) in [6, 6.07) is 3.95. The summed E-state index contributed by atoms with van der Waals surface area (Å²) >= 11 is 3.12. The molecule has 0 unspecified atom stereocenters. The van der Waals surface area contributed by atoms with E-state index in [1.54, 1.807) is 17.5 Å². The number of nitriles is 1. The van der Waals surface area contributed by atoms with E-state index in [2.05, 4.69) is 10.3 Å². The lowest BCUT2D eigenvalue weighted by molar-refractivity contribution is -0.119. The van der Waals surface area contributed by atoms with E-state index in [1.165, 1.54) is 11.3 Å². The summed E-state index contributed by atoms with van der Waals surface area (Å²) in [7, 11) is 0. The highest BCUT2D eigenvalue weighted by Crippen LogP contribution is 2.27. The highest BCUT2D eigenvalue weighted by atomic mass is 32.1. The number of carbonyl (C=O) groups excluding carboxylic acids is 1. The largest absolute Gasteiger partial charge is 0.274 e. The molecule has 6 heteroatoms. The number of nitrogens with one attached hydrogen (secondary N) is 1. The first kappa shape index (κ1) is 10.8. The van der Waals surface area contributed by atoms with Crippen molar-refractivity contribution >= 4 is 28.6 Å². The van der Waals surface area contributed by atoms with Gasteiger partial charge < -0.3 is 0 Å². The highest BCUT2D eigenvalue weighted by Gasteiger charge is 2.08. The molecule has 2 aromatic rings. The van der Waals surface area contributed by atoms with Gasteiger partial charge in [-0.1, -0.05) is 6.07 Å². The summed E-state index contributed by atoms with van der Waals surface area (Å²) in [5.74, 6) is -0.328.